The second kappa shape index (κ2) is 3.52. The van der Waals surface area contributed by atoms with Gasteiger partial charge in [0.15, 0.2) is 0 Å². The van der Waals surface area contributed by atoms with E-state index in [1.165, 1.54) is 7.05 Å². The molecule has 0 aliphatic rings. The minimum Gasteiger partial charge on any atom is -0.481 e. The van der Waals surface area contributed by atoms with E-state index in [2.05, 4.69) is 0 Å². The van der Waals surface area contributed by atoms with Gasteiger partial charge in [0.1, 0.15) is 0 Å². The lowest BCUT2D eigenvalue weighted by Gasteiger charge is -1.97. The minimum atomic E-state index is -3.35. The van der Waals surface area contributed by atoms with Crippen LogP contribution in [0.5, 0.6) is 0 Å². The van der Waals surface area contributed by atoms with Gasteiger partial charge in [0, 0.05) is 0 Å². The van der Waals surface area contributed by atoms with Crippen LogP contribution in [0.15, 0.2) is 0 Å². The molecule has 0 fully saturated rings. The monoisotopic (exact) mass is 167 g/mol. The Balaban J connectivity index is 3.81. The highest BCUT2D eigenvalue weighted by molar-refractivity contribution is 7.89. The van der Waals surface area contributed by atoms with E-state index >= 15 is 0 Å². The van der Waals surface area contributed by atoms with Crippen molar-refractivity contribution in [2.75, 3.05) is 12.8 Å². The summed E-state index contributed by atoms with van der Waals surface area (Å²) in [6.45, 7) is 0. The second-order valence-electron chi connectivity index (χ2n) is 1.67. The number of nitrogens with one attached hydrogen (secondary N) is 1. The largest absolute Gasteiger partial charge is 0.481 e. The van der Waals surface area contributed by atoms with Crippen LogP contribution in [0.25, 0.3) is 0 Å². The van der Waals surface area contributed by atoms with Crippen LogP contribution in [0.3, 0.4) is 0 Å². The first-order chi connectivity index (χ1) is 4.48. The van der Waals surface area contributed by atoms with Gasteiger partial charge >= 0.3 is 5.97 Å². The van der Waals surface area contributed by atoms with Gasteiger partial charge in [0.25, 0.3) is 0 Å². The number of carboxylic acid groups (broad SMARTS) is 1. The molecule has 0 aromatic rings. The molecule has 0 aromatic heterocycles. The van der Waals surface area contributed by atoms with Crippen molar-refractivity contribution < 1.29 is 18.3 Å². The summed E-state index contributed by atoms with van der Waals surface area (Å²) in [6, 6.07) is 0. The molecule has 60 valence electrons. The maximum atomic E-state index is 10.5. The molecule has 0 aliphatic carbocycles. The predicted molar refractivity (Wildman–Crippen MR) is 35.1 cm³/mol. The van der Waals surface area contributed by atoms with E-state index in [4.69, 9.17) is 5.11 Å². The SMILES string of the molecule is CNS(=O)(=O)CCC(=O)O. The van der Waals surface area contributed by atoms with Gasteiger partial charge in [-0.1, -0.05) is 0 Å². The van der Waals surface area contributed by atoms with Crippen molar-refractivity contribution >= 4 is 16.0 Å². The molecule has 6 heteroatoms. The number of sulfonamides is 1. The van der Waals surface area contributed by atoms with Gasteiger partial charge in [-0.3, -0.25) is 4.79 Å². The van der Waals surface area contributed by atoms with Gasteiger partial charge in [0.2, 0.25) is 10.0 Å². The summed E-state index contributed by atoms with van der Waals surface area (Å²) < 4.78 is 23.1. The summed E-state index contributed by atoms with van der Waals surface area (Å²) in [5.41, 5.74) is 0. The molecule has 0 radical (unpaired) electrons. The highest BCUT2D eigenvalue weighted by atomic mass is 32.2. The van der Waals surface area contributed by atoms with Gasteiger partial charge < -0.3 is 5.11 Å². The molecule has 0 bridgehead atoms. The molecular formula is C4H9NO4S. The average molecular weight is 167 g/mol. The first kappa shape index (κ1) is 9.38. The third-order valence-corrected chi connectivity index (χ3v) is 2.26. The zero-order chi connectivity index (χ0) is 8.20. The Kier molecular flexibility index (Phi) is 3.31. The van der Waals surface area contributed by atoms with Crippen molar-refractivity contribution in [3.8, 4) is 0 Å². The standard InChI is InChI=1S/C4H9NO4S/c1-5-10(8,9)3-2-4(6)7/h5H,2-3H2,1H3,(H,6,7). The summed E-state index contributed by atoms with van der Waals surface area (Å²) in [5.74, 6) is -1.47. The van der Waals surface area contributed by atoms with Crippen molar-refractivity contribution in [2.24, 2.45) is 0 Å². The number of aliphatic carboxylic acids is 1. The molecular weight excluding hydrogens is 158 g/mol. The van der Waals surface area contributed by atoms with Gasteiger partial charge in [-0.25, -0.2) is 13.1 Å². The highest BCUT2D eigenvalue weighted by Gasteiger charge is 2.08. The van der Waals surface area contributed by atoms with E-state index in [0.717, 1.165) is 0 Å². The van der Waals surface area contributed by atoms with Crippen molar-refractivity contribution in [3.05, 3.63) is 0 Å². The molecule has 0 atom stereocenters. The van der Waals surface area contributed by atoms with Crippen molar-refractivity contribution in [3.63, 3.8) is 0 Å². The second-order valence-corrected chi connectivity index (χ2v) is 3.71. The molecule has 0 heterocycles. The van der Waals surface area contributed by atoms with Crippen LogP contribution in [0, 0.1) is 0 Å². The van der Waals surface area contributed by atoms with Gasteiger partial charge in [0.05, 0.1) is 12.2 Å². The molecule has 0 saturated heterocycles. The number of carboxylic acids is 1. The van der Waals surface area contributed by atoms with Crippen LogP contribution in [-0.4, -0.2) is 32.3 Å². The Morgan fingerprint density at radius 2 is 2.10 bits per heavy atom. The fourth-order valence-electron chi connectivity index (χ4n) is 0.324. The van der Waals surface area contributed by atoms with E-state index in [1.54, 1.807) is 0 Å². The quantitative estimate of drug-likeness (QED) is 0.563. The number of hydrogen-bond donors (Lipinski definition) is 2. The highest BCUT2D eigenvalue weighted by Crippen LogP contribution is 1.86. The van der Waals surface area contributed by atoms with Gasteiger partial charge in [-0.15, -0.1) is 0 Å². The molecule has 0 rings (SSSR count). The maximum absolute atomic E-state index is 10.5. The normalized spacial score (nSPS) is 11.3. The Morgan fingerprint density at radius 3 is 2.40 bits per heavy atom. The van der Waals surface area contributed by atoms with Crippen LogP contribution >= 0.6 is 0 Å². The fourth-order valence-corrected chi connectivity index (χ4v) is 0.971. The van der Waals surface area contributed by atoms with Gasteiger partial charge in [-0.05, 0) is 7.05 Å². The van der Waals surface area contributed by atoms with Crippen LogP contribution in [0.2, 0.25) is 0 Å². The van der Waals surface area contributed by atoms with E-state index in [1.807, 2.05) is 4.72 Å². The molecule has 5 nitrogen and oxygen atoms in total. The number of hydrogen-bond acceptors (Lipinski definition) is 3. The van der Waals surface area contributed by atoms with Gasteiger partial charge in [-0.2, -0.15) is 0 Å². The Morgan fingerprint density at radius 1 is 1.60 bits per heavy atom. The zero-order valence-corrected chi connectivity index (χ0v) is 6.31. The summed E-state index contributed by atoms with van der Waals surface area (Å²) in [6.07, 6.45) is -0.358. The van der Waals surface area contributed by atoms with Crippen LogP contribution in [0.1, 0.15) is 6.42 Å². The fraction of sp³-hybridized carbons (Fsp3) is 0.750. The lowest BCUT2D eigenvalue weighted by Crippen LogP contribution is -2.23. The molecule has 10 heavy (non-hydrogen) atoms. The molecule has 0 aliphatic heterocycles. The van der Waals surface area contributed by atoms with Crippen LogP contribution < -0.4 is 4.72 Å². The van der Waals surface area contributed by atoms with E-state index in [0.29, 0.717) is 0 Å². The number of carbonyl (C=O) groups is 1. The maximum Gasteiger partial charge on any atom is 0.304 e. The first-order valence-corrected chi connectivity index (χ1v) is 4.26. The topological polar surface area (TPSA) is 83.5 Å². The number of rotatable bonds is 4. The first-order valence-electron chi connectivity index (χ1n) is 2.61. The third-order valence-electron chi connectivity index (χ3n) is 0.896. The summed E-state index contributed by atoms with van der Waals surface area (Å²) in [4.78, 5) is 9.87. The lowest BCUT2D eigenvalue weighted by atomic mass is 10.5. The Labute approximate surface area is 59.1 Å². The van der Waals surface area contributed by atoms with Crippen LogP contribution in [0.4, 0.5) is 0 Å². The molecule has 0 saturated carbocycles. The molecule has 2 N–H and O–H groups in total. The molecule has 0 unspecified atom stereocenters. The van der Waals surface area contributed by atoms with Crippen molar-refractivity contribution in [1.29, 1.82) is 0 Å². The average Bonchev–Trinajstić information content (AvgIpc) is 1.85. The van der Waals surface area contributed by atoms with E-state index < -0.39 is 16.0 Å². The molecule has 0 spiro atoms. The minimum absolute atomic E-state index is 0.358. The lowest BCUT2D eigenvalue weighted by molar-refractivity contribution is -0.136. The third kappa shape index (κ3) is 4.28. The Bertz CT molecular complexity index is 207. The predicted octanol–water partition coefficient (Wildman–Crippen LogP) is -0.990. The zero-order valence-electron chi connectivity index (χ0n) is 5.49. The van der Waals surface area contributed by atoms with Crippen molar-refractivity contribution in [1.82, 2.24) is 4.72 Å². The Hall–Kier alpha value is -0.620. The van der Waals surface area contributed by atoms with Crippen LogP contribution in [-0.2, 0) is 14.8 Å². The summed E-state index contributed by atoms with van der Waals surface area (Å²) >= 11 is 0. The van der Waals surface area contributed by atoms with Crippen molar-refractivity contribution in [2.45, 2.75) is 6.42 Å². The summed E-state index contributed by atoms with van der Waals surface area (Å²) in [5, 5.41) is 8.08. The van der Waals surface area contributed by atoms with E-state index in [-0.39, 0.29) is 12.2 Å². The summed E-state index contributed by atoms with van der Waals surface area (Å²) in [7, 11) is -2.10. The molecule has 0 amide bonds. The van der Waals surface area contributed by atoms with E-state index in [9.17, 15) is 13.2 Å². The smallest absolute Gasteiger partial charge is 0.304 e. The molecule has 0 aromatic carbocycles.